The number of aromatic nitrogens is 5. The van der Waals surface area contributed by atoms with Crippen molar-refractivity contribution in [1.29, 1.82) is 0 Å². The van der Waals surface area contributed by atoms with E-state index in [1.54, 1.807) is 23.8 Å². The molecule has 3 heterocycles. The summed E-state index contributed by atoms with van der Waals surface area (Å²) >= 11 is 1.51. The highest BCUT2D eigenvalue weighted by atomic mass is 32.2. The van der Waals surface area contributed by atoms with Crippen molar-refractivity contribution in [3.8, 4) is 17.1 Å². The highest BCUT2D eigenvalue weighted by molar-refractivity contribution is 7.98. The van der Waals surface area contributed by atoms with Crippen LogP contribution >= 0.6 is 11.8 Å². The summed E-state index contributed by atoms with van der Waals surface area (Å²) in [6.45, 7) is 4.72. The fourth-order valence-electron chi connectivity index (χ4n) is 3.18. The first kappa shape index (κ1) is 19.2. The van der Waals surface area contributed by atoms with Crippen molar-refractivity contribution in [2.24, 2.45) is 0 Å². The molecule has 0 unspecified atom stereocenters. The van der Waals surface area contributed by atoms with Gasteiger partial charge in [0.2, 0.25) is 0 Å². The molecule has 0 spiro atoms. The molecule has 0 radical (unpaired) electrons. The second-order valence-corrected chi connectivity index (χ2v) is 7.50. The van der Waals surface area contributed by atoms with Crippen LogP contribution in [0.25, 0.3) is 17.0 Å². The summed E-state index contributed by atoms with van der Waals surface area (Å²) < 4.78 is 9.07. The maximum atomic E-state index is 12.4. The molecular weight excluding hydrogens is 386 g/mol. The number of para-hydroxylation sites is 1. The fourth-order valence-corrected chi connectivity index (χ4v) is 4.07. The molecule has 3 aromatic heterocycles. The average Bonchev–Trinajstić information content (AvgIpc) is 3.15. The number of hydrogen-bond acceptors (Lipinski definition) is 6. The van der Waals surface area contributed by atoms with E-state index in [2.05, 4.69) is 22.1 Å². The van der Waals surface area contributed by atoms with E-state index in [0.29, 0.717) is 17.1 Å². The Kier molecular flexibility index (Phi) is 5.35. The van der Waals surface area contributed by atoms with E-state index >= 15 is 0 Å². The highest BCUT2D eigenvalue weighted by Gasteiger charge is 2.16. The number of benzene rings is 1. The molecular formula is C21H21N5O2S. The van der Waals surface area contributed by atoms with Crippen molar-refractivity contribution in [3.05, 3.63) is 70.3 Å². The minimum absolute atomic E-state index is 0.0824. The Bertz CT molecular complexity index is 1230. The molecule has 0 atom stereocenters. The highest BCUT2D eigenvalue weighted by Crippen LogP contribution is 2.31. The number of aryl methyl sites for hydroxylation is 1. The Morgan fingerprint density at radius 3 is 2.76 bits per heavy atom. The van der Waals surface area contributed by atoms with E-state index < -0.39 is 0 Å². The molecule has 1 aromatic carbocycles. The topological polar surface area (TPSA) is 74.3 Å². The van der Waals surface area contributed by atoms with Crippen LogP contribution in [0.15, 0.2) is 58.6 Å². The van der Waals surface area contributed by atoms with Crippen molar-refractivity contribution in [2.45, 2.75) is 31.3 Å². The van der Waals surface area contributed by atoms with Gasteiger partial charge in [0, 0.05) is 24.6 Å². The zero-order chi connectivity index (χ0) is 20.4. The van der Waals surface area contributed by atoms with Crippen LogP contribution in [0.4, 0.5) is 0 Å². The SMILES string of the molecule is CCn1c(SCc2cc(=O)n3cc(C)ccc3n2)nnc1-c1ccccc1OC. The van der Waals surface area contributed by atoms with Gasteiger partial charge in [0.15, 0.2) is 11.0 Å². The minimum atomic E-state index is -0.0824. The van der Waals surface area contributed by atoms with Crippen LogP contribution in [0.3, 0.4) is 0 Å². The summed E-state index contributed by atoms with van der Waals surface area (Å²) in [5.41, 5.74) is 3.19. The van der Waals surface area contributed by atoms with E-state index in [4.69, 9.17) is 4.74 Å². The molecule has 0 N–H and O–H groups in total. The summed E-state index contributed by atoms with van der Waals surface area (Å²) in [5, 5.41) is 9.52. The predicted octanol–water partition coefficient (Wildman–Crippen LogP) is 3.58. The van der Waals surface area contributed by atoms with Gasteiger partial charge in [0.1, 0.15) is 11.4 Å². The van der Waals surface area contributed by atoms with Crippen LogP contribution in [0.2, 0.25) is 0 Å². The lowest BCUT2D eigenvalue weighted by atomic mass is 10.2. The third-order valence-corrected chi connectivity index (χ3v) is 5.59. The molecule has 0 saturated carbocycles. The molecule has 7 nitrogen and oxygen atoms in total. The second-order valence-electron chi connectivity index (χ2n) is 6.56. The fraction of sp³-hybridized carbons (Fsp3) is 0.238. The molecule has 0 aliphatic rings. The molecule has 4 aromatic rings. The largest absolute Gasteiger partial charge is 0.496 e. The van der Waals surface area contributed by atoms with Crippen molar-refractivity contribution in [3.63, 3.8) is 0 Å². The van der Waals surface area contributed by atoms with Gasteiger partial charge in [-0.1, -0.05) is 30.0 Å². The number of thioether (sulfide) groups is 1. The number of nitrogens with zero attached hydrogens (tertiary/aromatic N) is 5. The van der Waals surface area contributed by atoms with Gasteiger partial charge in [0.05, 0.1) is 18.4 Å². The summed E-state index contributed by atoms with van der Waals surface area (Å²) in [7, 11) is 1.65. The molecule has 0 saturated heterocycles. The third kappa shape index (κ3) is 3.75. The van der Waals surface area contributed by atoms with Crippen LogP contribution in [0.5, 0.6) is 5.75 Å². The second kappa shape index (κ2) is 8.08. The Labute approximate surface area is 172 Å². The molecule has 29 heavy (non-hydrogen) atoms. The summed E-state index contributed by atoms with van der Waals surface area (Å²) in [5.74, 6) is 2.05. The van der Waals surface area contributed by atoms with E-state index in [1.807, 2.05) is 47.9 Å². The van der Waals surface area contributed by atoms with E-state index in [9.17, 15) is 4.79 Å². The molecule has 148 valence electrons. The standard InChI is InChI=1S/C21H21N5O2S/c1-4-25-20(16-7-5-6-8-17(16)28-3)23-24-21(25)29-13-15-11-19(27)26-12-14(2)9-10-18(26)22-15/h5-12H,4,13H2,1-3H3. The number of ether oxygens (including phenoxy) is 1. The summed E-state index contributed by atoms with van der Waals surface area (Å²) in [4.78, 5) is 17.0. The van der Waals surface area contributed by atoms with Crippen LogP contribution in [-0.4, -0.2) is 31.3 Å². The first-order valence-electron chi connectivity index (χ1n) is 9.29. The first-order valence-corrected chi connectivity index (χ1v) is 10.3. The molecule has 0 aliphatic heterocycles. The Morgan fingerprint density at radius 2 is 1.97 bits per heavy atom. The van der Waals surface area contributed by atoms with Crippen LogP contribution in [0, 0.1) is 6.92 Å². The molecule has 0 bridgehead atoms. The predicted molar refractivity (Wildman–Crippen MR) is 113 cm³/mol. The number of hydrogen-bond donors (Lipinski definition) is 0. The smallest absolute Gasteiger partial charge is 0.258 e. The van der Waals surface area contributed by atoms with Crippen molar-refractivity contribution < 1.29 is 4.74 Å². The molecule has 0 amide bonds. The molecule has 0 fully saturated rings. The zero-order valence-corrected chi connectivity index (χ0v) is 17.3. The van der Waals surface area contributed by atoms with E-state index in [-0.39, 0.29) is 5.56 Å². The Morgan fingerprint density at radius 1 is 1.14 bits per heavy atom. The van der Waals surface area contributed by atoms with Crippen molar-refractivity contribution in [2.75, 3.05) is 7.11 Å². The van der Waals surface area contributed by atoms with Gasteiger partial charge in [-0.2, -0.15) is 0 Å². The maximum absolute atomic E-state index is 12.4. The quantitative estimate of drug-likeness (QED) is 0.455. The van der Waals surface area contributed by atoms with Gasteiger partial charge in [-0.3, -0.25) is 9.20 Å². The van der Waals surface area contributed by atoms with Gasteiger partial charge in [0.25, 0.3) is 5.56 Å². The molecule has 4 rings (SSSR count). The first-order chi connectivity index (χ1) is 14.1. The lowest BCUT2D eigenvalue weighted by Crippen LogP contribution is -2.15. The Balaban J connectivity index is 1.63. The minimum Gasteiger partial charge on any atom is -0.496 e. The number of pyridine rings is 1. The monoisotopic (exact) mass is 407 g/mol. The van der Waals surface area contributed by atoms with Crippen molar-refractivity contribution in [1.82, 2.24) is 24.1 Å². The number of rotatable bonds is 6. The van der Waals surface area contributed by atoms with Gasteiger partial charge in [-0.15, -0.1) is 10.2 Å². The lowest BCUT2D eigenvalue weighted by molar-refractivity contribution is 0.416. The van der Waals surface area contributed by atoms with Crippen LogP contribution in [0.1, 0.15) is 18.2 Å². The van der Waals surface area contributed by atoms with E-state index in [1.165, 1.54) is 11.8 Å². The van der Waals surface area contributed by atoms with Crippen LogP contribution < -0.4 is 10.3 Å². The average molecular weight is 407 g/mol. The zero-order valence-electron chi connectivity index (χ0n) is 16.5. The van der Waals surface area contributed by atoms with Crippen LogP contribution in [-0.2, 0) is 12.3 Å². The molecule has 0 aliphatic carbocycles. The number of methoxy groups -OCH3 is 1. The van der Waals surface area contributed by atoms with E-state index in [0.717, 1.165) is 34.4 Å². The van der Waals surface area contributed by atoms with Gasteiger partial charge < -0.3 is 9.30 Å². The Hall–Kier alpha value is -3.13. The van der Waals surface area contributed by atoms with Gasteiger partial charge in [-0.05, 0) is 37.6 Å². The lowest BCUT2D eigenvalue weighted by Gasteiger charge is -2.10. The normalized spacial score (nSPS) is 11.1. The number of fused-ring (bicyclic) bond motifs is 1. The summed E-state index contributed by atoms with van der Waals surface area (Å²) in [6, 6.07) is 13.1. The van der Waals surface area contributed by atoms with Crippen molar-refractivity contribution >= 4 is 17.4 Å². The molecule has 8 heteroatoms. The summed E-state index contributed by atoms with van der Waals surface area (Å²) in [6.07, 6.45) is 1.80. The maximum Gasteiger partial charge on any atom is 0.258 e. The van der Waals surface area contributed by atoms with Gasteiger partial charge in [-0.25, -0.2) is 4.98 Å². The third-order valence-electron chi connectivity index (χ3n) is 4.59. The van der Waals surface area contributed by atoms with Gasteiger partial charge >= 0.3 is 0 Å².